The summed E-state index contributed by atoms with van der Waals surface area (Å²) in [6, 6.07) is 11.9. The number of aryl methyl sites for hydroxylation is 3. The van der Waals surface area contributed by atoms with Crippen LogP contribution in [0.1, 0.15) is 33.4 Å². The number of sulfonamides is 1. The van der Waals surface area contributed by atoms with Crippen LogP contribution in [-0.4, -0.2) is 23.9 Å². The van der Waals surface area contributed by atoms with Crippen LogP contribution in [0.5, 0.6) is 0 Å². The number of nitrogens with one attached hydrogen (secondary N) is 2. The second kappa shape index (κ2) is 8.07. The summed E-state index contributed by atoms with van der Waals surface area (Å²) in [7, 11) is -3.81. The lowest BCUT2D eigenvalue weighted by molar-refractivity contribution is 0.102. The first-order chi connectivity index (χ1) is 13.3. The minimum absolute atomic E-state index is 0.102. The van der Waals surface area contributed by atoms with Gasteiger partial charge in [-0.1, -0.05) is 29.6 Å². The Kier molecular flexibility index (Phi) is 5.76. The fourth-order valence-electron chi connectivity index (χ4n) is 2.69. The molecule has 0 aliphatic heterocycles. The lowest BCUT2D eigenvalue weighted by atomic mass is 10.2. The number of amides is 1. The summed E-state index contributed by atoms with van der Waals surface area (Å²) < 4.78 is 32.1. The molecule has 3 aromatic rings. The van der Waals surface area contributed by atoms with E-state index in [9.17, 15) is 13.2 Å². The maximum atomic E-state index is 12.9. The summed E-state index contributed by atoms with van der Waals surface area (Å²) in [4.78, 5) is 13.0. The van der Waals surface area contributed by atoms with Crippen LogP contribution in [0.15, 0.2) is 47.4 Å². The van der Waals surface area contributed by atoms with Crippen molar-refractivity contribution in [2.24, 2.45) is 0 Å². The topological polar surface area (TPSA) is 101 Å². The number of hydrogen-bond acceptors (Lipinski definition) is 6. The summed E-state index contributed by atoms with van der Waals surface area (Å²) in [5, 5.41) is 6.66. The Morgan fingerprint density at radius 1 is 1.11 bits per heavy atom. The number of nitrogens with zero attached hydrogens (tertiary/aromatic N) is 2. The molecule has 9 heteroatoms. The molecule has 1 aromatic heterocycles. The summed E-state index contributed by atoms with van der Waals surface area (Å²) in [6.45, 7) is 5.48. The maximum Gasteiger partial charge on any atom is 0.269 e. The van der Waals surface area contributed by atoms with E-state index in [1.165, 1.54) is 6.07 Å². The summed E-state index contributed by atoms with van der Waals surface area (Å²) in [5.41, 5.74) is 3.01. The first kappa shape index (κ1) is 20.0. The van der Waals surface area contributed by atoms with Gasteiger partial charge in [0, 0.05) is 11.4 Å². The minimum Gasteiger partial charge on any atom is -0.321 e. The van der Waals surface area contributed by atoms with Crippen LogP contribution >= 0.6 is 11.5 Å². The molecule has 0 aliphatic carbocycles. The zero-order valence-electron chi connectivity index (χ0n) is 15.7. The number of benzene rings is 2. The van der Waals surface area contributed by atoms with Crippen molar-refractivity contribution in [1.29, 1.82) is 0 Å². The Balaban J connectivity index is 1.87. The van der Waals surface area contributed by atoms with Crippen molar-refractivity contribution in [2.45, 2.75) is 32.1 Å². The summed E-state index contributed by atoms with van der Waals surface area (Å²) in [6.07, 6.45) is 0.590. The Morgan fingerprint density at radius 3 is 2.61 bits per heavy atom. The Labute approximate surface area is 168 Å². The van der Waals surface area contributed by atoms with Gasteiger partial charge in [-0.2, -0.15) is 0 Å². The molecule has 0 fully saturated rings. The van der Waals surface area contributed by atoms with Crippen molar-refractivity contribution in [2.75, 3.05) is 10.0 Å². The van der Waals surface area contributed by atoms with Crippen molar-refractivity contribution in [3.05, 3.63) is 64.2 Å². The zero-order chi connectivity index (χ0) is 20.3. The fraction of sp³-hybridized carbons (Fsp3) is 0.211. The third-order valence-corrected chi connectivity index (χ3v) is 6.39. The first-order valence-corrected chi connectivity index (χ1v) is 10.9. The van der Waals surface area contributed by atoms with Gasteiger partial charge in [0.05, 0.1) is 10.6 Å². The molecule has 2 N–H and O–H groups in total. The second-order valence-electron chi connectivity index (χ2n) is 6.31. The highest BCUT2D eigenvalue weighted by Gasteiger charge is 2.20. The first-order valence-electron chi connectivity index (χ1n) is 8.63. The van der Waals surface area contributed by atoms with E-state index in [0.29, 0.717) is 33.9 Å². The number of aromatic nitrogens is 2. The van der Waals surface area contributed by atoms with Crippen molar-refractivity contribution >= 4 is 38.8 Å². The van der Waals surface area contributed by atoms with E-state index in [0.717, 1.165) is 17.1 Å². The van der Waals surface area contributed by atoms with E-state index < -0.39 is 10.0 Å². The number of carbonyl (C=O) groups excluding carboxylic acids is 1. The highest BCUT2D eigenvalue weighted by atomic mass is 32.2. The molecule has 7 nitrogen and oxygen atoms in total. The van der Waals surface area contributed by atoms with Crippen LogP contribution in [0.3, 0.4) is 0 Å². The van der Waals surface area contributed by atoms with E-state index in [4.69, 9.17) is 0 Å². The van der Waals surface area contributed by atoms with Gasteiger partial charge in [0.15, 0.2) is 0 Å². The molecule has 0 atom stereocenters. The van der Waals surface area contributed by atoms with Crippen molar-refractivity contribution in [1.82, 2.24) is 9.59 Å². The van der Waals surface area contributed by atoms with Gasteiger partial charge in [0.25, 0.3) is 15.9 Å². The van der Waals surface area contributed by atoms with Gasteiger partial charge >= 0.3 is 0 Å². The second-order valence-corrected chi connectivity index (χ2v) is 8.72. The van der Waals surface area contributed by atoms with Crippen LogP contribution < -0.4 is 10.0 Å². The predicted octanol–water partition coefficient (Wildman–Crippen LogP) is 3.77. The highest BCUT2D eigenvalue weighted by Crippen LogP contribution is 2.24. The quantitative estimate of drug-likeness (QED) is 0.637. The van der Waals surface area contributed by atoms with Crippen LogP contribution in [0.2, 0.25) is 0 Å². The average Bonchev–Trinajstić information content (AvgIpc) is 3.11. The monoisotopic (exact) mass is 416 g/mol. The average molecular weight is 417 g/mol. The molecular weight excluding hydrogens is 396 g/mol. The largest absolute Gasteiger partial charge is 0.321 e. The van der Waals surface area contributed by atoms with E-state index in [-0.39, 0.29) is 10.8 Å². The summed E-state index contributed by atoms with van der Waals surface area (Å²) in [5.74, 6) is -0.356. The van der Waals surface area contributed by atoms with Crippen LogP contribution in [0.25, 0.3) is 0 Å². The van der Waals surface area contributed by atoms with E-state index >= 15 is 0 Å². The standard InChI is InChI=1S/C19H20N4O3S2/c1-4-16-18(27-23-21-16)19(24)20-14-9-8-13(3)17(11-14)28(25,26)22-15-7-5-6-12(2)10-15/h5-11,22H,4H2,1-3H3,(H,20,24). The summed E-state index contributed by atoms with van der Waals surface area (Å²) >= 11 is 1.01. The van der Waals surface area contributed by atoms with Crippen molar-refractivity contribution < 1.29 is 13.2 Å². The molecule has 0 unspecified atom stereocenters. The fourth-order valence-corrected chi connectivity index (χ4v) is 4.65. The Morgan fingerprint density at radius 2 is 1.89 bits per heavy atom. The predicted molar refractivity (Wildman–Crippen MR) is 110 cm³/mol. The van der Waals surface area contributed by atoms with Gasteiger partial charge in [0.1, 0.15) is 4.88 Å². The lowest BCUT2D eigenvalue weighted by Gasteiger charge is -2.13. The van der Waals surface area contributed by atoms with E-state index in [1.807, 2.05) is 19.9 Å². The molecule has 146 valence electrons. The van der Waals surface area contributed by atoms with Crippen LogP contribution in [0.4, 0.5) is 11.4 Å². The Bertz CT molecular complexity index is 1120. The van der Waals surface area contributed by atoms with Crippen molar-refractivity contribution in [3.63, 3.8) is 0 Å². The van der Waals surface area contributed by atoms with Gasteiger partial charge in [-0.25, -0.2) is 8.42 Å². The lowest BCUT2D eigenvalue weighted by Crippen LogP contribution is -2.16. The van der Waals surface area contributed by atoms with Gasteiger partial charge in [-0.3, -0.25) is 9.52 Å². The van der Waals surface area contributed by atoms with Gasteiger partial charge < -0.3 is 5.32 Å². The highest BCUT2D eigenvalue weighted by molar-refractivity contribution is 7.92. The molecule has 0 bridgehead atoms. The molecular formula is C19H20N4O3S2. The van der Waals surface area contributed by atoms with Gasteiger partial charge in [-0.15, -0.1) is 5.10 Å². The third-order valence-electron chi connectivity index (χ3n) is 4.10. The van der Waals surface area contributed by atoms with E-state index in [2.05, 4.69) is 19.6 Å². The maximum absolute atomic E-state index is 12.9. The number of rotatable bonds is 6. The number of carbonyl (C=O) groups is 1. The van der Waals surface area contributed by atoms with Crippen molar-refractivity contribution in [3.8, 4) is 0 Å². The zero-order valence-corrected chi connectivity index (χ0v) is 17.3. The molecule has 3 rings (SSSR count). The minimum atomic E-state index is -3.81. The molecule has 0 saturated heterocycles. The normalized spacial score (nSPS) is 11.2. The molecule has 2 aromatic carbocycles. The van der Waals surface area contributed by atoms with E-state index in [1.54, 1.807) is 37.3 Å². The molecule has 1 heterocycles. The molecule has 1 amide bonds. The molecule has 0 aliphatic rings. The molecule has 28 heavy (non-hydrogen) atoms. The SMILES string of the molecule is CCc1nnsc1C(=O)Nc1ccc(C)c(S(=O)(=O)Nc2cccc(C)c2)c1. The smallest absolute Gasteiger partial charge is 0.269 e. The molecule has 0 saturated carbocycles. The molecule has 0 radical (unpaired) electrons. The Hall–Kier alpha value is -2.78. The van der Waals surface area contributed by atoms with Crippen LogP contribution in [-0.2, 0) is 16.4 Å². The van der Waals surface area contributed by atoms with Crippen LogP contribution in [0, 0.1) is 13.8 Å². The van der Waals surface area contributed by atoms with Gasteiger partial charge in [0.2, 0.25) is 0 Å². The number of hydrogen-bond donors (Lipinski definition) is 2. The molecule has 0 spiro atoms. The number of anilines is 2. The van der Waals surface area contributed by atoms with Gasteiger partial charge in [-0.05, 0) is 67.2 Å². The third kappa shape index (κ3) is 4.37.